The van der Waals surface area contributed by atoms with Crippen LogP contribution in [-0.4, -0.2) is 59.9 Å². The van der Waals surface area contributed by atoms with Crippen molar-refractivity contribution in [3.63, 3.8) is 0 Å². The van der Waals surface area contributed by atoms with Gasteiger partial charge in [-0.1, -0.05) is 0 Å². The monoisotopic (exact) mass is 359 g/mol. The number of rotatable bonds is 5. The van der Waals surface area contributed by atoms with Gasteiger partial charge >= 0.3 is 0 Å². The Morgan fingerprint density at radius 1 is 1.15 bits per heavy atom. The van der Waals surface area contributed by atoms with Gasteiger partial charge < -0.3 is 15.1 Å². The highest BCUT2D eigenvalue weighted by molar-refractivity contribution is 5.83. The lowest BCUT2D eigenvalue weighted by Gasteiger charge is -2.33. The number of piperidine rings is 1. The smallest absolute Gasteiger partial charge is 0.223 e. The summed E-state index contributed by atoms with van der Waals surface area (Å²) in [7, 11) is 1.60. The molecule has 2 amide bonds. The van der Waals surface area contributed by atoms with Crippen LogP contribution in [0.1, 0.15) is 56.0 Å². The Bertz CT molecular complexity index is 657. The zero-order valence-electron chi connectivity index (χ0n) is 15.8. The number of hydrogen-bond acceptors (Lipinski definition) is 5. The first-order valence-electron chi connectivity index (χ1n) is 9.65. The van der Waals surface area contributed by atoms with E-state index in [-0.39, 0.29) is 30.6 Å². The number of nitrogens with one attached hydrogen (secondary N) is 1. The van der Waals surface area contributed by atoms with Crippen LogP contribution in [0.5, 0.6) is 0 Å². The number of aryl methyl sites for hydroxylation is 1. The highest BCUT2D eigenvalue weighted by Gasteiger charge is 2.27. The van der Waals surface area contributed by atoms with Crippen molar-refractivity contribution in [2.75, 3.05) is 38.1 Å². The third-order valence-electron chi connectivity index (χ3n) is 5.31. The second-order valence-corrected chi connectivity index (χ2v) is 7.24. The van der Waals surface area contributed by atoms with Gasteiger partial charge in [-0.25, -0.2) is 9.97 Å². The van der Waals surface area contributed by atoms with Crippen molar-refractivity contribution in [2.24, 2.45) is 0 Å². The summed E-state index contributed by atoms with van der Waals surface area (Å²) in [5.41, 5.74) is 1.04. The minimum atomic E-state index is -0.0893. The first kappa shape index (κ1) is 18.6. The number of nitrogens with zero attached hydrogens (tertiary/aromatic N) is 4. The molecule has 2 saturated heterocycles. The van der Waals surface area contributed by atoms with E-state index in [9.17, 15) is 9.59 Å². The number of amides is 2. The van der Waals surface area contributed by atoms with E-state index < -0.39 is 0 Å². The van der Waals surface area contributed by atoms with E-state index in [1.54, 1.807) is 7.05 Å². The molecule has 26 heavy (non-hydrogen) atoms. The van der Waals surface area contributed by atoms with Gasteiger partial charge in [0.15, 0.2) is 0 Å². The van der Waals surface area contributed by atoms with Crippen LogP contribution in [0.3, 0.4) is 0 Å². The molecule has 7 heteroatoms. The maximum atomic E-state index is 12.4. The molecule has 142 valence electrons. The van der Waals surface area contributed by atoms with Crippen molar-refractivity contribution >= 4 is 17.6 Å². The number of carbonyl (C=O) groups excluding carboxylic acids is 2. The van der Waals surface area contributed by atoms with Crippen molar-refractivity contribution in [1.29, 1.82) is 0 Å². The maximum Gasteiger partial charge on any atom is 0.223 e. The van der Waals surface area contributed by atoms with Crippen molar-refractivity contribution in [1.82, 2.24) is 20.2 Å². The second kappa shape index (κ2) is 8.47. The Labute approximate surface area is 155 Å². The summed E-state index contributed by atoms with van der Waals surface area (Å²) in [5.74, 6) is 2.04. The first-order chi connectivity index (χ1) is 12.6. The molecule has 0 radical (unpaired) electrons. The van der Waals surface area contributed by atoms with Crippen LogP contribution >= 0.6 is 0 Å². The van der Waals surface area contributed by atoms with Crippen LogP contribution in [-0.2, 0) is 9.59 Å². The Morgan fingerprint density at radius 3 is 2.65 bits per heavy atom. The number of carbonyl (C=O) groups is 2. The molecule has 7 nitrogen and oxygen atoms in total. The molecule has 0 spiro atoms. The molecule has 2 aliphatic heterocycles. The highest BCUT2D eigenvalue weighted by Crippen LogP contribution is 2.29. The Hall–Kier alpha value is -2.18. The standard InChI is InChI=1S/C19H29N5O2/c1-14-21-16(12-17(22-14)23-9-3-4-10-23)15-6-5-11-24(13-15)19(26)8-7-18(25)20-2/h12,15H,3-11,13H2,1-2H3,(H,20,25)/t15-/m0/s1. The Kier molecular flexibility index (Phi) is 6.06. The van der Waals surface area contributed by atoms with E-state index in [1.807, 2.05) is 11.8 Å². The summed E-state index contributed by atoms with van der Waals surface area (Å²) in [6.07, 6.45) is 4.97. The quantitative estimate of drug-likeness (QED) is 0.864. The van der Waals surface area contributed by atoms with E-state index in [1.165, 1.54) is 12.8 Å². The third-order valence-corrected chi connectivity index (χ3v) is 5.31. The summed E-state index contributed by atoms with van der Waals surface area (Å²) in [5, 5.41) is 2.57. The van der Waals surface area contributed by atoms with Gasteiger partial charge in [-0.3, -0.25) is 9.59 Å². The zero-order valence-corrected chi connectivity index (χ0v) is 15.8. The molecule has 0 aliphatic carbocycles. The molecule has 1 N–H and O–H groups in total. The number of hydrogen-bond donors (Lipinski definition) is 1. The fourth-order valence-electron chi connectivity index (χ4n) is 3.84. The lowest BCUT2D eigenvalue weighted by Crippen LogP contribution is -2.39. The van der Waals surface area contributed by atoms with E-state index in [2.05, 4.69) is 26.3 Å². The van der Waals surface area contributed by atoms with E-state index in [0.29, 0.717) is 6.54 Å². The van der Waals surface area contributed by atoms with Crippen LogP contribution in [0.4, 0.5) is 5.82 Å². The van der Waals surface area contributed by atoms with Gasteiger partial charge in [0.2, 0.25) is 11.8 Å². The van der Waals surface area contributed by atoms with Crippen molar-refractivity contribution in [3.05, 3.63) is 17.6 Å². The predicted molar refractivity (Wildman–Crippen MR) is 100 cm³/mol. The lowest BCUT2D eigenvalue weighted by molar-refractivity contribution is -0.134. The average Bonchev–Trinajstić information content (AvgIpc) is 3.20. The lowest BCUT2D eigenvalue weighted by atomic mass is 9.94. The van der Waals surface area contributed by atoms with Gasteiger partial charge in [0.05, 0.1) is 5.69 Å². The first-order valence-corrected chi connectivity index (χ1v) is 9.65. The molecule has 1 aromatic rings. The topological polar surface area (TPSA) is 78.4 Å². The second-order valence-electron chi connectivity index (χ2n) is 7.24. The van der Waals surface area contributed by atoms with Crippen molar-refractivity contribution in [2.45, 2.75) is 51.4 Å². The minimum absolute atomic E-state index is 0.0591. The number of anilines is 1. The van der Waals surface area contributed by atoms with Gasteiger partial charge in [0.25, 0.3) is 0 Å². The van der Waals surface area contributed by atoms with Crippen LogP contribution in [0, 0.1) is 6.92 Å². The van der Waals surface area contributed by atoms with Gasteiger partial charge in [0.1, 0.15) is 11.6 Å². The summed E-state index contributed by atoms with van der Waals surface area (Å²) < 4.78 is 0. The van der Waals surface area contributed by atoms with Crippen LogP contribution in [0.25, 0.3) is 0 Å². The molecule has 0 saturated carbocycles. The van der Waals surface area contributed by atoms with Gasteiger partial charge in [-0.15, -0.1) is 0 Å². The maximum absolute atomic E-state index is 12.4. The molecule has 1 atom stereocenters. The number of likely N-dealkylation sites (tertiary alicyclic amines) is 1. The van der Waals surface area contributed by atoms with Gasteiger partial charge in [-0.05, 0) is 32.6 Å². The third kappa shape index (κ3) is 4.51. The SMILES string of the molecule is CNC(=O)CCC(=O)N1CCC[C@H](c2cc(N3CCCC3)nc(C)n2)C1. The predicted octanol–water partition coefficient (Wildman–Crippen LogP) is 1.62. The molecule has 2 aliphatic rings. The highest BCUT2D eigenvalue weighted by atomic mass is 16.2. The zero-order chi connectivity index (χ0) is 18.5. The molecule has 0 aromatic carbocycles. The molecule has 3 rings (SSSR count). The summed E-state index contributed by atoms with van der Waals surface area (Å²) in [4.78, 5) is 37.3. The van der Waals surface area contributed by atoms with E-state index >= 15 is 0 Å². The minimum Gasteiger partial charge on any atom is -0.359 e. The molecule has 2 fully saturated rings. The largest absolute Gasteiger partial charge is 0.359 e. The number of aromatic nitrogens is 2. The van der Waals surface area contributed by atoms with Crippen LogP contribution in [0.15, 0.2) is 6.07 Å². The molecule has 1 aromatic heterocycles. The van der Waals surface area contributed by atoms with Crippen LogP contribution < -0.4 is 10.2 Å². The summed E-state index contributed by atoms with van der Waals surface area (Å²) in [6, 6.07) is 2.11. The fourth-order valence-corrected chi connectivity index (χ4v) is 3.84. The van der Waals surface area contributed by atoms with E-state index in [0.717, 1.165) is 49.8 Å². The summed E-state index contributed by atoms with van der Waals surface area (Å²) in [6.45, 7) is 5.52. The summed E-state index contributed by atoms with van der Waals surface area (Å²) >= 11 is 0. The average molecular weight is 359 g/mol. The van der Waals surface area contributed by atoms with Crippen LogP contribution in [0.2, 0.25) is 0 Å². The molecule has 3 heterocycles. The fraction of sp³-hybridized carbons (Fsp3) is 0.684. The molecule has 0 bridgehead atoms. The van der Waals surface area contributed by atoms with E-state index in [4.69, 9.17) is 0 Å². The molecule has 0 unspecified atom stereocenters. The van der Waals surface area contributed by atoms with Gasteiger partial charge in [0, 0.05) is 58.1 Å². The van der Waals surface area contributed by atoms with Crippen molar-refractivity contribution in [3.8, 4) is 0 Å². The van der Waals surface area contributed by atoms with Crippen molar-refractivity contribution < 1.29 is 9.59 Å². The normalized spacial score (nSPS) is 20.3. The molecular weight excluding hydrogens is 330 g/mol. The van der Waals surface area contributed by atoms with Gasteiger partial charge in [-0.2, -0.15) is 0 Å². The molecular formula is C19H29N5O2. The Morgan fingerprint density at radius 2 is 1.92 bits per heavy atom. The Balaban J connectivity index is 1.67.